The summed E-state index contributed by atoms with van der Waals surface area (Å²) in [4.78, 5) is 14.1. The standard InChI is InChI=1S/C18H21NO2/c1-4-6-13-21-16-10-8-15(9-11-16)17-12-7-14(3)18(20)19(17)5-2/h8-12,14H,5,7,13H2,1-3H3. The van der Waals surface area contributed by atoms with Crippen LogP contribution in [0.5, 0.6) is 5.75 Å². The van der Waals surface area contributed by atoms with Crippen LogP contribution in [0.4, 0.5) is 0 Å². The third-order valence-electron chi connectivity index (χ3n) is 3.60. The molecule has 2 rings (SSSR count). The van der Waals surface area contributed by atoms with Gasteiger partial charge >= 0.3 is 0 Å². The van der Waals surface area contributed by atoms with Gasteiger partial charge in [-0.1, -0.05) is 18.9 Å². The molecule has 1 amide bonds. The van der Waals surface area contributed by atoms with Crippen LogP contribution in [-0.4, -0.2) is 24.0 Å². The maximum Gasteiger partial charge on any atom is 0.230 e. The van der Waals surface area contributed by atoms with Gasteiger partial charge in [-0.3, -0.25) is 4.79 Å². The van der Waals surface area contributed by atoms with Crippen molar-refractivity contribution in [3.63, 3.8) is 0 Å². The fourth-order valence-electron chi connectivity index (χ4n) is 2.40. The summed E-state index contributed by atoms with van der Waals surface area (Å²) in [5.41, 5.74) is 2.05. The minimum Gasteiger partial charge on any atom is -0.481 e. The highest BCUT2D eigenvalue weighted by atomic mass is 16.5. The summed E-state index contributed by atoms with van der Waals surface area (Å²) in [5.74, 6) is 6.73. The molecular formula is C18H21NO2. The van der Waals surface area contributed by atoms with E-state index in [0.29, 0.717) is 13.2 Å². The minimum atomic E-state index is 0.0731. The zero-order valence-electron chi connectivity index (χ0n) is 12.8. The SMILES string of the molecule is CC#CCOc1ccc(C2=CCC(C)C(=O)N2CC)cc1. The number of amides is 1. The smallest absolute Gasteiger partial charge is 0.230 e. The second kappa shape index (κ2) is 6.99. The van der Waals surface area contributed by atoms with Crippen LogP contribution in [0, 0.1) is 17.8 Å². The molecule has 0 radical (unpaired) electrons. The van der Waals surface area contributed by atoms with E-state index in [4.69, 9.17) is 4.74 Å². The lowest BCUT2D eigenvalue weighted by Crippen LogP contribution is -2.36. The van der Waals surface area contributed by atoms with E-state index in [-0.39, 0.29) is 11.8 Å². The highest BCUT2D eigenvalue weighted by Crippen LogP contribution is 2.29. The van der Waals surface area contributed by atoms with Crippen molar-refractivity contribution in [2.75, 3.05) is 13.2 Å². The number of carbonyl (C=O) groups is 1. The molecule has 1 aliphatic heterocycles. The topological polar surface area (TPSA) is 29.5 Å². The second-order valence-corrected chi connectivity index (χ2v) is 5.05. The van der Waals surface area contributed by atoms with Crippen LogP contribution in [0.1, 0.15) is 32.8 Å². The number of carbonyl (C=O) groups excluding carboxylic acids is 1. The van der Waals surface area contributed by atoms with E-state index >= 15 is 0 Å². The summed E-state index contributed by atoms with van der Waals surface area (Å²) in [6, 6.07) is 7.83. The van der Waals surface area contributed by atoms with Crippen molar-refractivity contribution in [1.82, 2.24) is 4.90 Å². The average Bonchev–Trinajstić information content (AvgIpc) is 2.51. The van der Waals surface area contributed by atoms with Crippen molar-refractivity contribution < 1.29 is 9.53 Å². The van der Waals surface area contributed by atoms with Gasteiger partial charge in [-0.25, -0.2) is 0 Å². The summed E-state index contributed by atoms with van der Waals surface area (Å²) in [6.07, 6.45) is 2.95. The van der Waals surface area contributed by atoms with Gasteiger partial charge in [0, 0.05) is 18.2 Å². The predicted molar refractivity (Wildman–Crippen MR) is 84.5 cm³/mol. The normalized spacial score (nSPS) is 17.9. The largest absolute Gasteiger partial charge is 0.481 e. The van der Waals surface area contributed by atoms with Gasteiger partial charge in [0.25, 0.3) is 0 Å². The highest BCUT2D eigenvalue weighted by molar-refractivity contribution is 5.90. The second-order valence-electron chi connectivity index (χ2n) is 5.05. The monoisotopic (exact) mass is 283 g/mol. The Morgan fingerprint density at radius 2 is 2.05 bits per heavy atom. The van der Waals surface area contributed by atoms with Gasteiger partial charge in [0.15, 0.2) is 0 Å². The zero-order chi connectivity index (χ0) is 15.2. The number of benzene rings is 1. The molecule has 1 heterocycles. The highest BCUT2D eigenvalue weighted by Gasteiger charge is 2.26. The van der Waals surface area contributed by atoms with Crippen LogP contribution in [0.15, 0.2) is 30.3 Å². The van der Waals surface area contributed by atoms with Gasteiger partial charge in [-0.15, -0.1) is 5.92 Å². The molecule has 0 aliphatic carbocycles. The maximum atomic E-state index is 12.2. The predicted octanol–water partition coefficient (Wildman–Crippen LogP) is 3.32. The third kappa shape index (κ3) is 3.46. The zero-order valence-corrected chi connectivity index (χ0v) is 12.8. The van der Waals surface area contributed by atoms with Gasteiger partial charge in [0.2, 0.25) is 5.91 Å². The Morgan fingerprint density at radius 3 is 2.67 bits per heavy atom. The molecule has 0 saturated carbocycles. The van der Waals surface area contributed by atoms with Gasteiger partial charge in [-0.2, -0.15) is 0 Å². The van der Waals surface area contributed by atoms with E-state index in [1.54, 1.807) is 6.92 Å². The van der Waals surface area contributed by atoms with E-state index in [0.717, 1.165) is 23.4 Å². The fourth-order valence-corrected chi connectivity index (χ4v) is 2.40. The van der Waals surface area contributed by atoms with Gasteiger partial charge < -0.3 is 9.64 Å². The summed E-state index contributed by atoms with van der Waals surface area (Å²) in [5, 5.41) is 0. The Hall–Kier alpha value is -2.21. The number of nitrogens with zero attached hydrogens (tertiary/aromatic N) is 1. The molecular weight excluding hydrogens is 262 g/mol. The Morgan fingerprint density at radius 1 is 1.33 bits per heavy atom. The van der Waals surface area contributed by atoms with Crippen LogP contribution in [0.25, 0.3) is 5.70 Å². The van der Waals surface area contributed by atoms with Crippen molar-refractivity contribution in [2.24, 2.45) is 5.92 Å². The first-order chi connectivity index (χ1) is 10.2. The van der Waals surface area contributed by atoms with Gasteiger partial charge in [0.05, 0.1) is 0 Å². The molecule has 0 spiro atoms. The minimum absolute atomic E-state index is 0.0731. The van der Waals surface area contributed by atoms with E-state index in [9.17, 15) is 4.79 Å². The Bertz CT molecular complexity index is 590. The van der Waals surface area contributed by atoms with Gasteiger partial charge in [-0.05, 0) is 50.1 Å². The van der Waals surface area contributed by atoms with E-state index in [2.05, 4.69) is 17.9 Å². The first kappa shape index (κ1) is 15.2. The number of hydrogen-bond donors (Lipinski definition) is 0. The summed E-state index contributed by atoms with van der Waals surface area (Å²) in [7, 11) is 0. The van der Waals surface area contributed by atoms with Crippen LogP contribution >= 0.6 is 0 Å². The summed E-state index contributed by atoms with van der Waals surface area (Å²) in [6.45, 7) is 6.86. The Labute approximate surface area is 126 Å². The lowest BCUT2D eigenvalue weighted by Gasteiger charge is -2.31. The lowest BCUT2D eigenvalue weighted by atomic mass is 9.97. The number of hydrogen-bond acceptors (Lipinski definition) is 2. The maximum absolute atomic E-state index is 12.2. The number of allylic oxidation sites excluding steroid dienone is 1. The summed E-state index contributed by atoms with van der Waals surface area (Å²) < 4.78 is 5.51. The van der Waals surface area contributed by atoms with Crippen LogP contribution in [-0.2, 0) is 4.79 Å². The van der Waals surface area contributed by atoms with Crippen molar-refractivity contribution >= 4 is 11.6 Å². The molecule has 0 saturated heterocycles. The van der Waals surface area contributed by atoms with Crippen molar-refractivity contribution in [1.29, 1.82) is 0 Å². The molecule has 0 fully saturated rings. The molecule has 21 heavy (non-hydrogen) atoms. The molecule has 0 N–H and O–H groups in total. The van der Waals surface area contributed by atoms with Crippen molar-refractivity contribution in [2.45, 2.75) is 27.2 Å². The van der Waals surface area contributed by atoms with Crippen molar-refractivity contribution in [3.05, 3.63) is 35.9 Å². The lowest BCUT2D eigenvalue weighted by molar-refractivity contribution is -0.131. The molecule has 0 aromatic heterocycles. The van der Waals surface area contributed by atoms with E-state index in [1.807, 2.05) is 43.0 Å². The molecule has 1 unspecified atom stereocenters. The average molecular weight is 283 g/mol. The molecule has 3 heteroatoms. The van der Waals surface area contributed by atoms with Crippen LogP contribution in [0.2, 0.25) is 0 Å². The van der Waals surface area contributed by atoms with E-state index < -0.39 is 0 Å². The molecule has 0 bridgehead atoms. The quantitative estimate of drug-likeness (QED) is 0.793. The van der Waals surface area contributed by atoms with Gasteiger partial charge in [0.1, 0.15) is 12.4 Å². The molecule has 110 valence electrons. The fraction of sp³-hybridized carbons (Fsp3) is 0.389. The molecule has 1 aromatic carbocycles. The molecule has 1 aromatic rings. The number of ether oxygens (including phenoxy) is 1. The van der Waals surface area contributed by atoms with E-state index in [1.165, 1.54) is 0 Å². The van der Waals surface area contributed by atoms with Crippen LogP contribution < -0.4 is 4.74 Å². The van der Waals surface area contributed by atoms with Crippen LogP contribution in [0.3, 0.4) is 0 Å². The molecule has 1 aliphatic rings. The number of rotatable bonds is 4. The Balaban J connectivity index is 2.17. The first-order valence-corrected chi connectivity index (χ1v) is 7.31. The molecule has 3 nitrogen and oxygen atoms in total. The third-order valence-corrected chi connectivity index (χ3v) is 3.60. The first-order valence-electron chi connectivity index (χ1n) is 7.31. The molecule has 1 atom stereocenters. The Kier molecular flexibility index (Phi) is 5.05. The summed E-state index contributed by atoms with van der Waals surface area (Å²) >= 11 is 0. The van der Waals surface area contributed by atoms with Crippen molar-refractivity contribution in [3.8, 4) is 17.6 Å².